The molecule has 0 amide bonds. The second-order valence-electron chi connectivity index (χ2n) is 6.27. The van der Waals surface area contributed by atoms with Crippen molar-refractivity contribution in [1.29, 1.82) is 0 Å². The van der Waals surface area contributed by atoms with Gasteiger partial charge in [0.1, 0.15) is 5.31 Å². The van der Waals surface area contributed by atoms with Crippen LogP contribution in [0.2, 0.25) is 0 Å². The summed E-state index contributed by atoms with van der Waals surface area (Å²) in [6, 6.07) is 26.4. The van der Waals surface area contributed by atoms with Crippen LogP contribution in [0.5, 0.6) is 0 Å². The van der Waals surface area contributed by atoms with E-state index in [-0.39, 0.29) is 11.9 Å². The zero-order chi connectivity index (χ0) is 18.9. The Bertz CT molecular complexity index is 1070. The van der Waals surface area contributed by atoms with Crippen molar-refractivity contribution in [2.45, 2.75) is 6.92 Å². The molecule has 1 aliphatic rings. The summed E-state index contributed by atoms with van der Waals surface area (Å²) in [7, 11) is -3.32. The van der Waals surface area contributed by atoms with Crippen molar-refractivity contribution in [1.82, 2.24) is 0 Å². The molecule has 4 heteroatoms. The molecule has 1 heterocycles. The summed E-state index contributed by atoms with van der Waals surface area (Å²) < 4.78 is 19.9. The van der Waals surface area contributed by atoms with Gasteiger partial charge in [-0.25, -0.2) is 4.79 Å². The number of fused-ring (bicyclic) bond motifs is 1. The minimum absolute atomic E-state index is 0.232. The highest BCUT2D eigenvalue weighted by atomic mass is 31.2. The van der Waals surface area contributed by atoms with Crippen LogP contribution in [0.1, 0.15) is 18.1 Å². The molecule has 0 saturated heterocycles. The summed E-state index contributed by atoms with van der Waals surface area (Å²) in [5, 5.41) is 1.60. The van der Waals surface area contributed by atoms with Gasteiger partial charge in [-0.05, 0) is 18.1 Å². The van der Waals surface area contributed by atoms with Gasteiger partial charge in [0.25, 0.3) is 0 Å². The van der Waals surface area contributed by atoms with Gasteiger partial charge >= 0.3 is 5.97 Å². The standard InChI is InChI=1S/C23H19O3P/c1-2-26-23(24)22-21(17-11-5-3-6-12-17)19-15-9-10-16-20(19)27(22,25)18-13-7-4-8-14-18/h3-16H,2H2,1H3. The first kappa shape index (κ1) is 17.5. The molecule has 1 unspecified atom stereocenters. The summed E-state index contributed by atoms with van der Waals surface area (Å²) >= 11 is 0. The van der Waals surface area contributed by atoms with Gasteiger partial charge in [0.05, 0.1) is 6.61 Å². The Kier molecular flexibility index (Phi) is 4.55. The quantitative estimate of drug-likeness (QED) is 0.504. The van der Waals surface area contributed by atoms with Gasteiger partial charge in [-0.3, -0.25) is 0 Å². The van der Waals surface area contributed by atoms with Crippen molar-refractivity contribution in [2.24, 2.45) is 0 Å². The SMILES string of the molecule is CCOC(=O)C1=C(c2ccccc2)c2ccccc2P1(=O)c1ccccc1. The third-order valence-corrected chi connectivity index (χ3v) is 7.85. The number of carbonyl (C=O) groups is 1. The van der Waals surface area contributed by atoms with Gasteiger partial charge in [0.15, 0.2) is 7.14 Å². The number of hydrogen-bond donors (Lipinski definition) is 0. The normalized spacial score (nSPS) is 18.3. The molecular formula is C23H19O3P. The maximum absolute atomic E-state index is 14.5. The third-order valence-electron chi connectivity index (χ3n) is 4.72. The predicted molar refractivity (Wildman–Crippen MR) is 109 cm³/mol. The fourth-order valence-electron chi connectivity index (χ4n) is 3.60. The Morgan fingerprint density at radius 2 is 1.44 bits per heavy atom. The smallest absolute Gasteiger partial charge is 0.342 e. The number of benzene rings is 3. The second kappa shape index (κ2) is 7.02. The Balaban J connectivity index is 2.10. The van der Waals surface area contributed by atoms with Crippen LogP contribution in [0.3, 0.4) is 0 Å². The largest absolute Gasteiger partial charge is 0.462 e. The average molecular weight is 374 g/mol. The lowest BCUT2D eigenvalue weighted by Gasteiger charge is -2.17. The van der Waals surface area contributed by atoms with E-state index in [0.717, 1.165) is 11.1 Å². The first-order chi connectivity index (χ1) is 13.2. The lowest BCUT2D eigenvalue weighted by atomic mass is 9.98. The molecule has 0 aromatic heterocycles. The van der Waals surface area contributed by atoms with Gasteiger partial charge in [-0.15, -0.1) is 0 Å². The molecule has 0 radical (unpaired) electrons. The van der Waals surface area contributed by atoms with Gasteiger partial charge in [-0.2, -0.15) is 0 Å². The molecular weight excluding hydrogens is 355 g/mol. The van der Waals surface area contributed by atoms with Crippen LogP contribution in [0.15, 0.2) is 90.2 Å². The summed E-state index contributed by atoms with van der Waals surface area (Å²) in [5.41, 5.74) is 2.40. The lowest BCUT2D eigenvalue weighted by molar-refractivity contribution is -0.137. The van der Waals surface area contributed by atoms with Gasteiger partial charge in [0, 0.05) is 16.2 Å². The molecule has 1 atom stereocenters. The summed E-state index contributed by atoms with van der Waals surface area (Å²) in [4.78, 5) is 13.0. The topological polar surface area (TPSA) is 43.4 Å². The molecule has 1 aliphatic heterocycles. The minimum atomic E-state index is -3.32. The molecule has 0 saturated carbocycles. The fourth-order valence-corrected chi connectivity index (χ4v) is 6.68. The van der Waals surface area contributed by atoms with E-state index in [4.69, 9.17) is 4.74 Å². The molecule has 3 aromatic carbocycles. The van der Waals surface area contributed by atoms with Crippen molar-refractivity contribution in [3.05, 3.63) is 101 Å². The number of esters is 1. The van der Waals surface area contributed by atoms with Gasteiger partial charge in [-0.1, -0.05) is 84.9 Å². The van der Waals surface area contributed by atoms with Gasteiger partial charge < -0.3 is 9.30 Å². The van der Waals surface area contributed by atoms with Crippen molar-refractivity contribution in [2.75, 3.05) is 6.61 Å². The molecule has 134 valence electrons. The number of ether oxygens (including phenoxy) is 1. The molecule has 27 heavy (non-hydrogen) atoms. The highest BCUT2D eigenvalue weighted by Crippen LogP contribution is 2.61. The van der Waals surface area contributed by atoms with Crippen LogP contribution in [-0.4, -0.2) is 12.6 Å². The molecule has 3 nitrogen and oxygen atoms in total. The Labute approximate surface area is 158 Å². The maximum atomic E-state index is 14.5. The van der Waals surface area contributed by atoms with E-state index in [9.17, 15) is 9.36 Å². The second-order valence-corrected chi connectivity index (χ2v) is 8.94. The molecule has 4 rings (SSSR count). The molecule has 0 spiro atoms. The molecule has 0 bridgehead atoms. The predicted octanol–water partition coefficient (Wildman–Crippen LogP) is 4.34. The zero-order valence-electron chi connectivity index (χ0n) is 15.0. The maximum Gasteiger partial charge on any atom is 0.342 e. The van der Waals surface area contributed by atoms with Crippen LogP contribution in [0.25, 0.3) is 5.57 Å². The average Bonchev–Trinajstić information content (AvgIpc) is 3.00. The zero-order valence-corrected chi connectivity index (χ0v) is 15.9. The van der Waals surface area contributed by atoms with E-state index in [1.165, 1.54) is 0 Å². The third kappa shape index (κ3) is 2.75. The van der Waals surface area contributed by atoms with Crippen molar-refractivity contribution in [3.8, 4) is 0 Å². The fraction of sp³-hybridized carbons (Fsp3) is 0.0870. The highest BCUT2D eigenvalue weighted by molar-refractivity contribution is 7.84. The van der Waals surface area contributed by atoms with Crippen LogP contribution < -0.4 is 10.6 Å². The first-order valence-electron chi connectivity index (χ1n) is 8.91. The minimum Gasteiger partial charge on any atom is -0.462 e. The van der Waals surface area contributed by atoms with E-state index < -0.39 is 13.1 Å². The van der Waals surface area contributed by atoms with E-state index in [1.54, 1.807) is 6.92 Å². The van der Waals surface area contributed by atoms with Gasteiger partial charge in [0.2, 0.25) is 0 Å². The Morgan fingerprint density at radius 1 is 0.852 bits per heavy atom. The van der Waals surface area contributed by atoms with Crippen LogP contribution >= 0.6 is 7.14 Å². The van der Waals surface area contributed by atoms with E-state index in [1.807, 2.05) is 84.9 Å². The Hall–Kier alpha value is -2.90. The van der Waals surface area contributed by atoms with E-state index >= 15 is 0 Å². The van der Waals surface area contributed by atoms with Crippen molar-refractivity contribution >= 4 is 29.3 Å². The molecule has 0 aliphatic carbocycles. The van der Waals surface area contributed by atoms with Crippen molar-refractivity contribution in [3.63, 3.8) is 0 Å². The molecule has 3 aromatic rings. The van der Waals surface area contributed by atoms with Crippen LogP contribution in [-0.2, 0) is 14.1 Å². The lowest BCUT2D eigenvalue weighted by Crippen LogP contribution is -2.19. The van der Waals surface area contributed by atoms with Crippen LogP contribution in [0.4, 0.5) is 0 Å². The highest BCUT2D eigenvalue weighted by Gasteiger charge is 2.46. The number of hydrogen-bond acceptors (Lipinski definition) is 3. The summed E-state index contributed by atoms with van der Waals surface area (Å²) in [6.45, 7) is 1.99. The van der Waals surface area contributed by atoms with Crippen molar-refractivity contribution < 1.29 is 14.1 Å². The summed E-state index contributed by atoms with van der Waals surface area (Å²) in [5.74, 6) is -0.514. The van der Waals surface area contributed by atoms with E-state index in [0.29, 0.717) is 16.2 Å². The van der Waals surface area contributed by atoms with Crippen LogP contribution in [0, 0.1) is 0 Å². The first-order valence-corrected chi connectivity index (χ1v) is 10.6. The molecule has 0 N–H and O–H groups in total. The van der Waals surface area contributed by atoms with E-state index in [2.05, 4.69) is 0 Å². The Morgan fingerprint density at radius 3 is 2.11 bits per heavy atom. The number of carbonyl (C=O) groups excluding carboxylic acids is 1. The monoisotopic (exact) mass is 374 g/mol. The number of rotatable bonds is 4. The summed E-state index contributed by atoms with van der Waals surface area (Å²) in [6.07, 6.45) is 0. The molecule has 0 fully saturated rings.